The molecule has 2 amide bonds. The van der Waals surface area contributed by atoms with Gasteiger partial charge in [0.2, 0.25) is 0 Å². The summed E-state index contributed by atoms with van der Waals surface area (Å²) in [6, 6.07) is 6.19. The summed E-state index contributed by atoms with van der Waals surface area (Å²) in [4.78, 5) is 11.3. The van der Waals surface area contributed by atoms with E-state index in [1.54, 1.807) is 31.2 Å². The van der Waals surface area contributed by atoms with E-state index >= 15 is 0 Å². The zero-order chi connectivity index (χ0) is 11.3. The molecular weight excluding hydrogens is 212 g/mol. The zero-order valence-electron chi connectivity index (χ0n) is 8.25. The summed E-state index contributed by atoms with van der Waals surface area (Å²) in [5, 5.41) is 5.83. The van der Waals surface area contributed by atoms with Crippen LogP contribution in [-0.2, 0) is 0 Å². The lowest BCUT2D eigenvalue weighted by Crippen LogP contribution is -2.35. The molecule has 78 valence electrons. The summed E-state index contributed by atoms with van der Waals surface area (Å²) in [6.45, 7) is 1.72. The minimum absolute atomic E-state index is 0.294. The van der Waals surface area contributed by atoms with Crippen LogP contribution in [0, 0.1) is 12.3 Å². The Morgan fingerprint density at radius 3 is 2.60 bits per heavy atom. The van der Waals surface area contributed by atoms with E-state index in [1.807, 2.05) is 0 Å². The number of rotatable bonds is 2. The second-order valence-corrected chi connectivity index (χ2v) is 3.43. The van der Waals surface area contributed by atoms with Crippen LogP contribution in [0.1, 0.15) is 6.92 Å². The molecule has 15 heavy (non-hydrogen) atoms. The van der Waals surface area contributed by atoms with Crippen LogP contribution < -0.4 is 10.6 Å². The normalized spacial score (nSPS) is 11.3. The van der Waals surface area contributed by atoms with Crippen LogP contribution in [0.25, 0.3) is 0 Å². The summed E-state index contributed by atoms with van der Waals surface area (Å²) >= 11 is 5.70. The van der Waals surface area contributed by atoms with Gasteiger partial charge in [0, 0.05) is 10.7 Å². The number of carbonyl (C=O) groups is 1. The number of benzene rings is 1. The molecule has 0 bridgehead atoms. The maximum absolute atomic E-state index is 11.3. The molecule has 0 aliphatic rings. The minimum Gasteiger partial charge on any atom is -0.325 e. The van der Waals surface area contributed by atoms with Crippen molar-refractivity contribution in [2.24, 2.45) is 0 Å². The van der Waals surface area contributed by atoms with Gasteiger partial charge in [-0.15, -0.1) is 6.42 Å². The Hall–Kier alpha value is -1.66. The van der Waals surface area contributed by atoms with E-state index in [2.05, 4.69) is 16.6 Å². The van der Waals surface area contributed by atoms with Crippen molar-refractivity contribution in [3.63, 3.8) is 0 Å². The molecule has 0 heterocycles. The monoisotopic (exact) mass is 222 g/mol. The van der Waals surface area contributed by atoms with Gasteiger partial charge in [0.15, 0.2) is 0 Å². The van der Waals surface area contributed by atoms with Crippen molar-refractivity contribution < 1.29 is 4.79 Å². The van der Waals surface area contributed by atoms with Gasteiger partial charge < -0.3 is 10.6 Å². The molecule has 1 unspecified atom stereocenters. The fourth-order valence-electron chi connectivity index (χ4n) is 0.939. The molecule has 0 saturated carbocycles. The molecule has 3 nitrogen and oxygen atoms in total. The molecule has 2 N–H and O–H groups in total. The van der Waals surface area contributed by atoms with Crippen molar-refractivity contribution in [2.45, 2.75) is 13.0 Å². The first-order valence-electron chi connectivity index (χ1n) is 4.41. The number of terminal acetylenes is 1. The van der Waals surface area contributed by atoms with E-state index in [0.717, 1.165) is 0 Å². The molecule has 0 spiro atoms. The van der Waals surface area contributed by atoms with Gasteiger partial charge in [-0.3, -0.25) is 0 Å². The second-order valence-electron chi connectivity index (χ2n) is 2.99. The molecule has 0 aromatic heterocycles. The molecule has 1 aromatic rings. The van der Waals surface area contributed by atoms with E-state index in [-0.39, 0.29) is 12.1 Å². The molecule has 1 atom stereocenters. The van der Waals surface area contributed by atoms with Crippen molar-refractivity contribution in [3.05, 3.63) is 29.3 Å². The highest BCUT2D eigenvalue weighted by molar-refractivity contribution is 6.30. The molecule has 0 aliphatic carbocycles. The van der Waals surface area contributed by atoms with Gasteiger partial charge in [-0.1, -0.05) is 17.5 Å². The fraction of sp³-hybridized carbons (Fsp3) is 0.182. The summed E-state index contributed by atoms with van der Waals surface area (Å²) in [5.74, 6) is 2.40. The van der Waals surface area contributed by atoms with Crippen LogP contribution in [0.15, 0.2) is 24.3 Å². The standard InChI is InChI=1S/C11H11ClN2O/c1-3-8(2)13-11(15)14-10-6-4-9(12)5-7-10/h1,4-8H,2H3,(H2,13,14,15). The maximum atomic E-state index is 11.3. The lowest BCUT2D eigenvalue weighted by molar-refractivity contribution is 0.251. The quantitative estimate of drug-likeness (QED) is 0.742. The highest BCUT2D eigenvalue weighted by atomic mass is 35.5. The fourth-order valence-corrected chi connectivity index (χ4v) is 1.06. The average molecular weight is 223 g/mol. The van der Waals surface area contributed by atoms with Gasteiger partial charge in [-0.2, -0.15) is 0 Å². The number of halogens is 1. The van der Waals surface area contributed by atoms with E-state index in [0.29, 0.717) is 10.7 Å². The van der Waals surface area contributed by atoms with Gasteiger partial charge in [0.25, 0.3) is 0 Å². The zero-order valence-corrected chi connectivity index (χ0v) is 9.01. The van der Waals surface area contributed by atoms with Crippen LogP contribution >= 0.6 is 11.6 Å². The van der Waals surface area contributed by atoms with Crippen LogP contribution in [0.3, 0.4) is 0 Å². The Labute approximate surface area is 93.8 Å². The summed E-state index contributed by atoms with van der Waals surface area (Å²) in [7, 11) is 0. The molecule has 4 heteroatoms. The summed E-state index contributed by atoms with van der Waals surface area (Å²) in [5.41, 5.74) is 0.668. The minimum atomic E-state index is -0.331. The number of amides is 2. The van der Waals surface area contributed by atoms with Crippen molar-refractivity contribution in [1.29, 1.82) is 0 Å². The average Bonchev–Trinajstić information content (AvgIpc) is 2.21. The van der Waals surface area contributed by atoms with Gasteiger partial charge in [0.05, 0.1) is 6.04 Å². The first-order valence-corrected chi connectivity index (χ1v) is 4.79. The van der Waals surface area contributed by atoms with Gasteiger partial charge >= 0.3 is 6.03 Å². The summed E-state index contributed by atoms with van der Waals surface area (Å²) in [6.07, 6.45) is 5.12. The number of urea groups is 1. The van der Waals surface area contributed by atoms with Crippen molar-refractivity contribution in [1.82, 2.24) is 5.32 Å². The Bertz CT molecular complexity index is 381. The van der Waals surface area contributed by atoms with Crippen LogP contribution in [0.5, 0.6) is 0 Å². The predicted octanol–water partition coefficient (Wildman–Crippen LogP) is 2.48. The topological polar surface area (TPSA) is 41.1 Å². The number of carbonyl (C=O) groups excluding carboxylic acids is 1. The van der Waals surface area contributed by atoms with Gasteiger partial charge in [-0.05, 0) is 31.2 Å². The molecule has 0 aliphatic heterocycles. The predicted molar refractivity (Wildman–Crippen MR) is 61.9 cm³/mol. The van der Waals surface area contributed by atoms with Crippen molar-refractivity contribution >= 4 is 23.3 Å². The Balaban J connectivity index is 2.52. The second kappa shape index (κ2) is 5.28. The third-order valence-corrected chi connectivity index (χ3v) is 1.95. The van der Waals surface area contributed by atoms with Gasteiger partial charge in [0.1, 0.15) is 0 Å². The van der Waals surface area contributed by atoms with E-state index in [1.165, 1.54) is 0 Å². The molecule has 0 fully saturated rings. The first-order chi connectivity index (χ1) is 7.11. The lowest BCUT2D eigenvalue weighted by atomic mass is 10.3. The first kappa shape index (κ1) is 11.4. The molecule has 0 saturated heterocycles. The van der Waals surface area contributed by atoms with Crippen LogP contribution in [-0.4, -0.2) is 12.1 Å². The Morgan fingerprint density at radius 2 is 2.07 bits per heavy atom. The Morgan fingerprint density at radius 1 is 1.47 bits per heavy atom. The largest absolute Gasteiger partial charge is 0.325 e. The number of hydrogen-bond donors (Lipinski definition) is 2. The van der Waals surface area contributed by atoms with Crippen molar-refractivity contribution in [3.8, 4) is 12.3 Å². The molecular formula is C11H11ClN2O. The summed E-state index contributed by atoms with van der Waals surface area (Å²) < 4.78 is 0. The highest BCUT2D eigenvalue weighted by Gasteiger charge is 2.03. The maximum Gasteiger partial charge on any atom is 0.320 e. The molecule has 1 rings (SSSR count). The third kappa shape index (κ3) is 3.92. The van der Waals surface area contributed by atoms with Crippen LogP contribution in [0.2, 0.25) is 5.02 Å². The lowest BCUT2D eigenvalue weighted by Gasteiger charge is -2.09. The smallest absolute Gasteiger partial charge is 0.320 e. The van der Waals surface area contributed by atoms with E-state index in [9.17, 15) is 4.79 Å². The highest BCUT2D eigenvalue weighted by Crippen LogP contribution is 2.12. The number of hydrogen-bond acceptors (Lipinski definition) is 1. The van der Waals surface area contributed by atoms with Crippen molar-refractivity contribution in [2.75, 3.05) is 5.32 Å². The third-order valence-electron chi connectivity index (χ3n) is 1.70. The number of nitrogens with one attached hydrogen (secondary N) is 2. The van der Waals surface area contributed by atoms with E-state index in [4.69, 9.17) is 18.0 Å². The molecule has 0 radical (unpaired) electrons. The van der Waals surface area contributed by atoms with Crippen LogP contribution in [0.4, 0.5) is 10.5 Å². The van der Waals surface area contributed by atoms with E-state index < -0.39 is 0 Å². The van der Waals surface area contributed by atoms with Gasteiger partial charge in [-0.25, -0.2) is 4.79 Å². The SMILES string of the molecule is C#CC(C)NC(=O)Nc1ccc(Cl)cc1. The Kier molecular flexibility index (Phi) is 4.02. The number of anilines is 1. The molecule has 1 aromatic carbocycles.